The van der Waals surface area contributed by atoms with Gasteiger partial charge >= 0.3 is 0 Å². The van der Waals surface area contributed by atoms with E-state index in [9.17, 15) is 4.79 Å². The predicted octanol–water partition coefficient (Wildman–Crippen LogP) is 5.76. The molecule has 1 rings (SSSR count). The fourth-order valence-corrected chi connectivity index (χ4v) is 2.66. The second kappa shape index (κ2) is 12.7. The minimum atomic E-state index is 0.0180. The molecule has 0 unspecified atom stereocenters. The molecule has 0 radical (unpaired) electrons. The Kier molecular flexibility index (Phi) is 10.8. The lowest BCUT2D eigenvalue weighted by Crippen LogP contribution is -2.18. The highest BCUT2D eigenvalue weighted by molar-refractivity contribution is 5.99. The molecule has 0 atom stereocenters. The van der Waals surface area contributed by atoms with Gasteiger partial charge in [-0.05, 0) is 25.8 Å². The Labute approximate surface area is 147 Å². The number of nitrogens with one attached hydrogen (secondary N) is 1. The van der Waals surface area contributed by atoms with Crippen molar-refractivity contribution in [3.8, 4) is 0 Å². The second-order valence-corrected chi connectivity index (χ2v) is 6.68. The highest BCUT2D eigenvalue weighted by atomic mass is 16.2. The van der Waals surface area contributed by atoms with E-state index in [1.54, 1.807) is 0 Å². The number of aryl methyl sites for hydroxylation is 1. The maximum Gasteiger partial charge on any atom is 0.240 e. The van der Waals surface area contributed by atoms with Gasteiger partial charge in [0.2, 0.25) is 5.91 Å². The molecule has 134 valence electrons. The molecule has 0 aliphatic rings. The number of unbranched alkanes of at least 4 members (excludes halogenated alkanes) is 8. The second-order valence-electron chi connectivity index (χ2n) is 6.68. The van der Waals surface area contributed by atoms with Gasteiger partial charge in [-0.3, -0.25) is 4.79 Å². The van der Waals surface area contributed by atoms with Crippen LogP contribution in [-0.2, 0) is 4.79 Å². The molecule has 1 N–H and O–H groups in total. The van der Waals surface area contributed by atoms with Gasteiger partial charge in [-0.15, -0.1) is 0 Å². The number of nitrogens with zero attached hydrogens (tertiary/aromatic N) is 1. The van der Waals surface area contributed by atoms with E-state index >= 15 is 0 Å². The number of carbonyl (C=O) groups excluding carboxylic acids is 1. The third-order valence-corrected chi connectivity index (χ3v) is 4.33. The summed E-state index contributed by atoms with van der Waals surface area (Å²) in [4.78, 5) is 11.8. The first kappa shape index (κ1) is 20.4. The summed E-state index contributed by atoms with van der Waals surface area (Å²) >= 11 is 0. The third kappa shape index (κ3) is 9.49. The van der Waals surface area contributed by atoms with Gasteiger partial charge in [-0.2, -0.15) is 5.10 Å². The third-order valence-electron chi connectivity index (χ3n) is 4.33. The molecular formula is C21H34N2O. The smallest absolute Gasteiger partial charge is 0.240 e. The Morgan fingerprint density at radius 3 is 2.04 bits per heavy atom. The van der Waals surface area contributed by atoms with E-state index in [0.717, 1.165) is 24.1 Å². The first-order valence-corrected chi connectivity index (χ1v) is 9.53. The van der Waals surface area contributed by atoms with Crippen molar-refractivity contribution in [2.24, 2.45) is 5.10 Å². The Morgan fingerprint density at radius 1 is 0.917 bits per heavy atom. The summed E-state index contributed by atoms with van der Waals surface area (Å²) in [6.07, 6.45) is 12.0. The minimum Gasteiger partial charge on any atom is -0.273 e. The predicted molar refractivity (Wildman–Crippen MR) is 103 cm³/mol. The van der Waals surface area contributed by atoms with Gasteiger partial charge in [0.25, 0.3) is 0 Å². The van der Waals surface area contributed by atoms with Crippen molar-refractivity contribution in [1.29, 1.82) is 0 Å². The molecule has 24 heavy (non-hydrogen) atoms. The molecule has 0 aromatic heterocycles. The molecule has 0 bridgehead atoms. The summed E-state index contributed by atoms with van der Waals surface area (Å²) < 4.78 is 0. The van der Waals surface area contributed by atoms with E-state index in [-0.39, 0.29) is 5.91 Å². The van der Waals surface area contributed by atoms with E-state index in [4.69, 9.17) is 0 Å². The van der Waals surface area contributed by atoms with Crippen LogP contribution in [0.2, 0.25) is 0 Å². The average Bonchev–Trinajstić information content (AvgIpc) is 2.59. The van der Waals surface area contributed by atoms with Crippen LogP contribution >= 0.6 is 0 Å². The maximum absolute atomic E-state index is 11.8. The molecule has 0 saturated heterocycles. The first-order valence-electron chi connectivity index (χ1n) is 9.53. The van der Waals surface area contributed by atoms with Gasteiger partial charge in [0, 0.05) is 6.42 Å². The Hall–Kier alpha value is -1.64. The summed E-state index contributed by atoms with van der Waals surface area (Å²) in [6.45, 7) is 6.23. The Balaban J connectivity index is 2.09. The summed E-state index contributed by atoms with van der Waals surface area (Å²) in [7, 11) is 0. The van der Waals surface area contributed by atoms with Crippen molar-refractivity contribution in [2.75, 3.05) is 0 Å². The van der Waals surface area contributed by atoms with Crippen LogP contribution in [0, 0.1) is 6.92 Å². The lowest BCUT2D eigenvalue weighted by molar-refractivity contribution is -0.121. The monoisotopic (exact) mass is 330 g/mol. The van der Waals surface area contributed by atoms with Gasteiger partial charge in [0.1, 0.15) is 0 Å². The SMILES string of the molecule is CCCCCCCCCCCC(=O)NN=C(C)c1ccc(C)cc1. The number of benzene rings is 1. The van der Waals surface area contributed by atoms with Crippen LogP contribution in [0.4, 0.5) is 0 Å². The fourth-order valence-electron chi connectivity index (χ4n) is 2.66. The van der Waals surface area contributed by atoms with E-state index < -0.39 is 0 Å². The minimum absolute atomic E-state index is 0.0180. The standard InChI is InChI=1S/C21H34N2O/c1-4-5-6-7-8-9-10-11-12-13-21(24)23-22-19(3)20-16-14-18(2)15-17-20/h14-17H,4-13H2,1-3H3,(H,23,24). The number of carbonyl (C=O) groups is 1. The largest absolute Gasteiger partial charge is 0.273 e. The highest BCUT2D eigenvalue weighted by Gasteiger charge is 2.01. The number of amides is 1. The number of hydrogen-bond donors (Lipinski definition) is 1. The van der Waals surface area contributed by atoms with Gasteiger partial charge in [0.15, 0.2) is 0 Å². The molecule has 0 heterocycles. The zero-order valence-electron chi connectivity index (χ0n) is 15.7. The van der Waals surface area contributed by atoms with Crippen LogP contribution < -0.4 is 5.43 Å². The summed E-state index contributed by atoms with van der Waals surface area (Å²) in [5.41, 5.74) is 5.78. The van der Waals surface area contributed by atoms with Crippen LogP contribution in [0.25, 0.3) is 0 Å². The zero-order chi connectivity index (χ0) is 17.6. The van der Waals surface area contributed by atoms with Gasteiger partial charge in [-0.1, -0.05) is 88.1 Å². The molecule has 1 amide bonds. The average molecular weight is 331 g/mol. The Morgan fingerprint density at radius 2 is 1.46 bits per heavy atom. The topological polar surface area (TPSA) is 41.5 Å². The molecular weight excluding hydrogens is 296 g/mol. The normalized spacial score (nSPS) is 11.5. The van der Waals surface area contributed by atoms with Crippen LogP contribution in [-0.4, -0.2) is 11.6 Å². The summed E-state index contributed by atoms with van der Waals surface area (Å²) in [5, 5.41) is 4.20. The van der Waals surface area contributed by atoms with Crippen molar-refractivity contribution >= 4 is 11.6 Å². The summed E-state index contributed by atoms with van der Waals surface area (Å²) in [5.74, 6) is 0.0180. The summed E-state index contributed by atoms with van der Waals surface area (Å²) in [6, 6.07) is 8.17. The van der Waals surface area contributed by atoms with Crippen molar-refractivity contribution in [2.45, 2.75) is 85.0 Å². The van der Waals surface area contributed by atoms with E-state index in [1.807, 2.05) is 19.1 Å². The quantitative estimate of drug-likeness (QED) is 0.295. The molecule has 0 saturated carbocycles. The first-order chi connectivity index (χ1) is 11.6. The molecule has 3 heteroatoms. The Bertz CT molecular complexity index is 491. The van der Waals surface area contributed by atoms with E-state index in [1.165, 1.54) is 50.5 Å². The zero-order valence-corrected chi connectivity index (χ0v) is 15.7. The van der Waals surface area contributed by atoms with E-state index in [2.05, 4.69) is 36.5 Å². The molecule has 0 aliphatic carbocycles. The van der Waals surface area contributed by atoms with E-state index in [0.29, 0.717) is 6.42 Å². The molecule has 1 aromatic rings. The molecule has 3 nitrogen and oxygen atoms in total. The number of hydrazone groups is 1. The van der Waals surface area contributed by atoms with Crippen molar-refractivity contribution in [3.63, 3.8) is 0 Å². The van der Waals surface area contributed by atoms with Crippen LogP contribution in [0.15, 0.2) is 29.4 Å². The van der Waals surface area contributed by atoms with Crippen molar-refractivity contribution in [1.82, 2.24) is 5.43 Å². The molecule has 0 fully saturated rings. The van der Waals surface area contributed by atoms with Crippen LogP contribution in [0.3, 0.4) is 0 Å². The fraction of sp³-hybridized carbons (Fsp3) is 0.619. The molecule has 0 aliphatic heterocycles. The number of hydrogen-bond acceptors (Lipinski definition) is 2. The van der Waals surface area contributed by atoms with Crippen molar-refractivity contribution < 1.29 is 4.79 Å². The maximum atomic E-state index is 11.8. The lowest BCUT2D eigenvalue weighted by Gasteiger charge is -2.04. The van der Waals surface area contributed by atoms with Gasteiger partial charge < -0.3 is 0 Å². The lowest BCUT2D eigenvalue weighted by atomic mass is 10.1. The van der Waals surface area contributed by atoms with Gasteiger partial charge in [0.05, 0.1) is 5.71 Å². The highest BCUT2D eigenvalue weighted by Crippen LogP contribution is 2.10. The van der Waals surface area contributed by atoms with Crippen molar-refractivity contribution in [3.05, 3.63) is 35.4 Å². The van der Waals surface area contributed by atoms with Gasteiger partial charge in [-0.25, -0.2) is 5.43 Å². The number of rotatable bonds is 12. The molecule has 0 spiro atoms. The molecule has 1 aromatic carbocycles. The van der Waals surface area contributed by atoms with Crippen LogP contribution in [0.5, 0.6) is 0 Å². The van der Waals surface area contributed by atoms with Crippen LogP contribution in [0.1, 0.15) is 89.2 Å².